The number of methoxy groups -OCH3 is 1. The lowest BCUT2D eigenvalue weighted by Gasteiger charge is -2.21. The molecule has 0 spiro atoms. The summed E-state index contributed by atoms with van der Waals surface area (Å²) in [5, 5.41) is 0.669. The lowest BCUT2D eigenvalue weighted by Crippen LogP contribution is -2.37. The molecule has 0 fully saturated rings. The zero-order valence-electron chi connectivity index (χ0n) is 13.2. The fourth-order valence-electron chi connectivity index (χ4n) is 2.39. The number of esters is 2. The van der Waals surface area contributed by atoms with Crippen molar-refractivity contribution in [3.63, 3.8) is 0 Å². The predicted molar refractivity (Wildman–Crippen MR) is 82.9 cm³/mol. The van der Waals surface area contributed by atoms with Crippen molar-refractivity contribution in [2.24, 2.45) is 5.73 Å². The molecule has 1 aromatic heterocycles. The van der Waals surface area contributed by atoms with Gasteiger partial charge in [-0.05, 0) is 26.0 Å². The van der Waals surface area contributed by atoms with Crippen molar-refractivity contribution in [1.29, 1.82) is 0 Å². The van der Waals surface area contributed by atoms with Crippen LogP contribution in [-0.4, -0.2) is 29.2 Å². The summed E-state index contributed by atoms with van der Waals surface area (Å²) in [4.78, 5) is 23.6. The summed E-state index contributed by atoms with van der Waals surface area (Å²) in [5.74, 6) is -0.865. The van der Waals surface area contributed by atoms with Crippen LogP contribution in [-0.2, 0) is 16.1 Å². The van der Waals surface area contributed by atoms with Gasteiger partial charge in [0, 0.05) is 24.4 Å². The van der Waals surface area contributed by atoms with Gasteiger partial charge in [-0.3, -0.25) is 4.79 Å². The van der Waals surface area contributed by atoms with E-state index in [1.807, 2.05) is 32.0 Å². The molecule has 0 amide bonds. The Morgan fingerprint density at radius 3 is 2.45 bits per heavy atom. The van der Waals surface area contributed by atoms with Gasteiger partial charge in [-0.1, -0.05) is 12.1 Å². The first kappa shape index (κ1) is 16.0. The van der Waals surface area contributed by atoms with Gasteiger partial charge < -0.3 is 19.8 Å². The number of carbonyl (C=O) groups is 2. The Morgan fingerprint density at radius 2 is 1.91 bits per heavy atom. The molecule has 2 aromatic rings. The number of hydrogen-bond acceptors (Lipinski definition) is 5. The fraction of sp³-hybridized carbons (Fsp3) is 0.375. The van der Waals surface area contributed by atoms with Crippen LogP contribution >= 0.6 is 0 Å². The number of carbonyl (C=O) groups excluding carboxylic acids is 2. The van der Waals surface area contributed by atoms with E-state index in [9.17, 15) is 9.59 Å². The highest BCUT2D eigenvalue weighted by atomic mass is 16.5. The van der Waals surface area contributed by atoms with Gasteiger partial charge in [0.15, 0.2) is 11.4 Å². The molecule has 1 heterocycles. The normalized spacial score (nSPS) is 11.5. The summed E-state index contributed by atoms with van der Waals surface area (Å²) in [6, 6.07) is 7.30. The van der Waals surface area contributed by atoms with E-state index in [0.29, 0.717) is 11.9 Å². The van der Waals surface area contributed by atoms with Crippen LogP contribution in [0.5, 0.6) is 5.75 Å². The highest BCUT2D eigenvalue weighted by Gasteiger charge is 2.28. The van der Waals surface area contributed by atoms with E-state index in [2.05, 4.69) is 0 Å². The quantitative estimate of drug-likeness (QED) is 0.874. The molecule has 6 nitrogen and oxygen atoms in total. The van der Waals surface area contributed by atoms with Crippen molar-refractivity contribution in [3.05, 3.63) is 30.0 Å². The zero-order valence-corrected chi connectivity index (χ0v) is 13.2. The summed E-state index contributed by atoms with van der Waals surface area (Å²) in [7, 11) is 1.29. The van der Waals surface area contributed by atoms with Crippen molar-refractivity contribution in [3.8, 4) is 5.75 Å². The van der Waals surface area contributed by atoms with E-state index in [4.69, 9.17) is 15.2 Å². The van der Waals surface area contributed by atoms with E-state index in [-0.39, 0.29) is 11.4 Å². The van der Waals surface area contributed by atoms with Crippen LogP contribution < -0.4 is 10.5 Å². The molecule has 0 saturated carbocycles. The van der Waals surface area contributed by atoms with Crippen molar-refractivity contribution in [2.75, 3.05) is 7.11 Å². The molecule has 1 aromatic carbocycles. The molecular weight excluding hydrogens is 284 g/mol. The summed E-state index contributed by atoms with van der Waals surface area (Å²) >= 11 is 0. The average molecular weight is 304 g/mol. The number of hydrogen-bond donors (Lipinski definition) is 1. The molecule has 0 atom stereocenters. The smallest absolute Gasteiger partial charge is 0.358 e. The maximum Gasteiger partial charge on any atom is 0.358 e. The number of fused-ring (bicyclic) bond motifs is 1. The number of aromatic nitrogens is 1. The van der Waals surface area contributed by atoms with E-state index >= 15 is 0 Å². The third-order valence-electron chi connectivity index (χ3n) is 3.11. The number of rotatable bonds is 4. The first-order valence-electron chi connectivity index (χ1n) is 6.91. The van der Waals surface area contributed by atoms with Gasteiger partial charge in [0.05, 0.1) is 12.6 Å². The molecule has 118 valence electrons. The summed E-state index contributed by atoms with van der Waals surface area (Å²) in [5.41, 5.74) is 6.50. The summed E-state index contributed by atoms with van der Waals surface area (Å²) in [6.07, 6.45) is 0. The molecule has 0 aliphatic heterocycles. The number of para-hydroxylation sites is 1. The molecule has 0 aliphatic carbocycles. The number of benzene rings is 1. The van der Waals surface area contributed by atoms with Gasteiger partial charge in [0.25, 0.3) is 0 Å². The van der Waals surface area contributed by atoms with Crippen LogP contribution in [0.25, 0.3) is 10.9 Å². The standard InChI is InChI=1S/C16H20N2O4/c1-10(19)22-14-11-7-5-6-8-12(11)18(9-16(2,3)17)13(14)15(20)21-4/h5-8H,9,17H2,1-4H3. The Morgan fingerprint density at radius 1 is 1.27 bits per heavy atom. The Kier molecular flexibility index (Phi) is 4.23. The van der Waals surface area contributed by atoms with Gasteiger partial charge in [-0.15, -0.1) is 0 Å². The topological polar surface area (TPSA) is 83.5 Å². The monoisotopic (exact) mass is 304 g/mol. The highest BCUT2D eigenvalue weighted by Crippen LogP contribution is 2.34. The van der Waals surface area contributed by atoms with Crippen LogP contribution in [0.4, 0.5) is 0 Å². The number of nitrogens with two attached hydrogens (primary N) is 1. The van der Waals surface area contributed by atoms with Crippen LogP contribution in [0.15, 0.2) is 24.3 Å². The Hall–Kier alpha value is -2.34. The first-order chi connectivity index (χ1) is 10.2. The number of ether oxygens (including phenoxy) is 2. The largest absolute Gasteiger partial charge is 0.464 e. The third-order valence-corrected chi connectivity index (χ3v) is 3.11. The maximum atomic E-state index is 12.2. The number of nitrogens with zero attached hydrogens (tertiary/aromatic N) is 1. The van der Waals surface area contributed by atoms with Crippen LogP contribution in [0.2, 0.25) is 0 Å². The van der Waals surface area contributed by atoms with Gasteiger partial charge in [-0.2, -0.15) is 0 Å². The van der Waals surface area contributed by atoms with E-state index in [1.165, 1.54) is 14.0 Å². The lowest BCUT2D eigenvalue weighted by atomic mass is 10.1. The minimum absolute atomic E-state index is 0.192. The molecular formula is C16H20N2O4. The lowest BCUT2D eigenvalue weighted by molar-refractivity contribution is -0.131. The Balaban J connectivity index is 2.79. The first-order valence-corrected chi connectivity index (χ1v) is 6.91. The zero-order chi connectivity index (χ0) is 16.5. The molecule has 2 N–H and O–H groups in total. The minimum atomic E-state index is -0.572. The van der Waals surface area contributed by atoms with Crippen molar-refractivity contribution < 1.29 is 19.1 Å². The van der Waals surface area contributed by atoms with Crippen LogP contribution in [0, 0.1) is 0 Å². The molecule has 22 heavy (non-hydrogen) atoms. The van der Waals surface area contributed by atoms with Crippen LogP contribution in [0.3, 0.4) is 0 Å². The fourth-order valence-corrected chi connectivity index (χ4v) is 2.39. The summed E-state index contributed by atoms with van der Waals surface area (Å²) in [6.45, 7) is 5.38. The van der Waals surface area contributed by atoms with E-state index in [1.54, 1.807) is 10.6 Å². The van der Waals surface area contributed by atoms with Crippen molar-refractivity contribution in [2.45, 2.75) is 32.9 Å². The van der Waals surface area contributed by atoms with Crippen LogP contribution in [0.1, 0.15) is 31.3 Å². The Bertz CT molecular complexity index is 726. The molecule has 0 radical (unpaired) electrons. The Labute approximate surface area is 128 Å². The van der Waals surface area contributed by atoms with Gasteiger partial charge in [-0.25, -0.2) is 4.79 Å². The minimum Gasteiger partial charge on any atom is -0.464 e. The molecule has 0 unspecified atom stereocenters. The second-order valence-electron chi connectivity index (χ2n) is 5.85. The van der Waals surface area contributed by atoms with Gasteiger partial charge in [0.1, 0.15) is 0 Å². The molecule has 2 rings (SSSR count). The van der Waals surface area contributed by atoms with Crippen molar-refractivity contribution >= 4 is 22.8 Å². The van der Waals surface area contributed by atoms with Gasteiger partial charge in [0.2, 0.25) is 0 Å². The molecule has 0 aliphatic rings. The van der Waals surface area contributed by atoms with Gasteiger partial charge >= 0.3 is 11.9 Å². The highest BCUT2D eigenvalue weighted by molar-refractivity contribution is 6.02. The SMILES string of the molecule is COC(=O)c1c(OC(C)=O)c2ccccc2n1CC(C)(C)N. The maximum absolute atomic E-state index is 12.2. The second kappa shape index (κ2) is 5.81. The molecule has 0 saturated heterocycles. The average Bonchev–Trinajstić information content (AvgIpc) is 2.70. The molecule has 0 bridgehead atoms. The summed E-state index contributed by atoms with van der Waals surface area (Å²) < 4.78 is 11.9. The van der Waals surface area contributed by atoms with E-state index < -0.39 is 17.5 Å². The van der Waals surface area contributed by atoms with E-state index in [0.717, 1.165) is 5.52 Å². The second-order valence-corrected chi connectivity index (χ2v) is 5.85. The van der Waals surface area contributed by atoms with Crippen molar-refractivity contribution in [1.82, 2.24) is 4.57 Å². The molecule has 6 heteroatoms. The third kappa shape index (κ3) is 3.12. The predicted octanol–water partition coefficient (Wildman–Crippen LogP) is 2.09.